The number of nitrogens with zero attached hydrogens (tertiary/aromatic N) is 3. The molecule has 1 spiro atoms. The highest BCUT2D eigenvalue weighted by molar-refractivity contribution is 8.78. The van der Waals surface area contributed by atoms with Gasteiger partial charge in [0.2, 0.25) is 6.79 Å². The first-order valence-corrected chi connectivity index (χ1v) is 11.2. The zero-order chi connectivity index (χ0) is 19.9. The van der Waals surface area contributed by atoms with Gasteiger partial charge in [0.25, 0.3) is 17.4 Å². The van der Waals surface area contributed by atoms with E-state index in [1.165, 1.54) is 21.6 Å². The Bertz CT molecular complexity index is 965. The van der Waals surface area contributed by atoms with E-state index in [4.69, 9.17) is 16.0 Å². The number of hydrogen-bond acceptors (Lipinski definition) is 6. The summed E-state index contributed by atoms with van der Waals surface area (Å²) in [7, 11) is 4.61. The molecule has 9 heteroatoms. The van der Waals surface area contributed by atoms with Crippen LogP contribution in [0.2, 0.25) is 0 Å². The number of carbonyl (C=O) groups is 2. The van der Waals surface area contributed by atoms with E-state index in [9.17, 15) is 9.59 Å². The number of benzene rings is 1. The molecule has 28 heavy (non-hydrogen) atoms. The van der Waals surface area contributed by atoms with Crippen LogP contribution in [-0.2, 0) is 9.59 Å². The Morgan fingerprint density at radius 1 is 1.25 bits per heavy atom. The topological polar surface area (TPSA) is 63.4 Å². The van der Waals surface area contributed by atoms with Crippen LogP contribution in [0.3, 0.4) is 0 Å². The van der Waals surface area contributed by atoms with Gasteiger partial charge in [-0.1, -0.05) is 34.6 Å². The SMILES string of the molecule is [C-]#[N+][C@@]1(C)C[C@@]23SSC(CC)(C(=O)N2C1c1ccc2c(c1)OCO2)N(C)C3=O. The summed E-state index contributed by atoms with van der Waals surface area (Å²) in [6, 6.07) is 5.01. The number of ether oxygens (including phenoxy) is 2. The lowest BCUT2D eigenvalue weighted by Gasteiger charge is -2.58. The molecular formula is C19H19N3O4S2. The first kappa shape index (κ1) is 18.0. The quantitative estimate of drug-likeness (QED) is 0.545. The average molecular weight is 418 g/mol. The molecule has 0 aromatic heterocycles. The Hall–Kier alpha value is -2.05. The van der Waals surface area contributed by atoms with Crippen molar-refractivity contribution in [2.24, 2.45) is 0 Å². The first-order valence-electron chi connectivity index (χ1n) is 9.10. The number of carbonyl (C=O) groups excluding carboxylic acids is 2. The standard InChI is InChI=1S/C19H19N3O4S2/c1-5-18-16(24)22-14(11-6-7-12-13(8-11)26-10-25-12)17(2,20-3)9-19(22,28-27-18)15(23)21(18)4/h6-8,14H,5,9-10H2,1-2,4H3/t14?,17-,18?,19-/m0/s1. The molecule has 4 saturated heterocycles. The summed E-state index contributed by atoms with van der Waals surface area (Å²) in [5.41, 5.74) is -0.116. The molecule has 0 aliphatic carbocycles. The van der Waals surface area contributed by atoms with E-state index in [1.54, 1.807) is 16.8 Å². The van der Waals surface area contributed by atoms with Gasteiger partial charge in [0.05, 0.1) is 6.42 Å². The molecule has 2 bridgehead atoms. The van der Waals surface area contributed by atoms with E-state index in [1.807, 2.05) is 32.0 Å². The summed E-state index contributed by atoms with van der Waals surface area (Å²) in [5.74, 6) is 1.08. The zero-order valence-electron chi connectivity index (χ0n) is 15.7. The maximum absolute atomic E-state index is 13.7. The lowest BCUT2D eigenvalue weighted by molar-refractivity contribution is -0.165. The molecule has 1 aromatic rings. The Morgan fingerprint density at radius 3 is 2.71 bits per heavy atom. The van der Waals surface area contributed by atoms with Gasteiger partial charge in [-0.2, -0.15) is 0 Å². The second-order valence-electron chi connectivity index (χ2n) is 7.79. The third-order valence-corrected chi connectivity index (χ3v) is 10.1. The van der Waals surface area contributed by atoms with Crippen LogP contribution in [0.4, 0.5) is 0 Å². The average Bonchev–Trinajstić information content (AvgIpc) is 3.27. The fourth-order valence-electron chi connectivity index (χ4n) is 4.85. The van der Waals surface area contributed by atoms with E-state index < -0.39 is 21.3 Å². The van der Waals surface area contributed by atoms with Crippen molar-refractivity contribution in [2.45, 2.75) is 48.0 Å². The predicted molar refractivity (Wildman–Crippen MR) is 105 cm³/mol. The molecule has 1 aromatic carbocycles. The number of hydrogen-bond donors (Lipinski definition) is 0. The molecule has 5 heterocycles. The summed E-state index contributed by atoms with van der Waals surface area (Å²) in [6.07, 6.45) is 0.815. The Kier molecular flexibility index (Phi) is 3.55. The van der Waals surface area contributed by atoms with E-state index >= 15 is 0 Å². The fourth-order valence-corrected chi connectivity index (χ4v) is 8.79. The zero-order valence-corrected chi connectivity index (χ0v) is 17.4. The summed E-state index contributed by atoms with van der Waals surface area (Å²) in [4.78, 5) is 32.4. The van der Waals surface area contributed by atoms with Gasteiger partial charge in [0.15, 0.2) is 21.2 Å². The van der Waals surface area contributed by atoms with Crippen molar-refractivity contribution >= 4 is 33.4 Å². The molecule has 6 rings (SSSR count). The van der Waals surface area contributed by atoms with Gasteiger partial charge in [-0.25, -0.2) is 6.57 Å². The highest BCUT2D eigenvalue weighted by Gasteiger charge is 2.77. The smallest absolute Gasteiger partial charge is 0.262 e. The Labute approximate surface area is 170 Å². The monoisotopic (exact) mass is 417 g/mol. The molecule has 0 radical (unpaired) electrons. The van der Waals surface area contributed by atoms with Gasteiger partial charge < -0.3 is 24.1 Å². The Morgan fingerprint density at radius 2 is 2.00 bits per heavy atom. The maximum atomic E-state index is 13.7. The number of fused-ring (bicyclic) bond motifs is 3. The minimum absolute atomic E-state index is 0.0871. The van der Waals surface area contributed by atoms with Gasteiger partial charge in [-0.3, -0.25) is 9.59 Å². The highest BCUT2D eigenvalue weighted by Crippen LogP contribution is 2.69. The van der Waals surface area contributed by atoms with E-state index in [2.05, 4.69) is 4.85 Å². The van der Waals surface area contributed by atoms with Crippen molar-refractivity contribution < 1.29 is 19.1 Å². The Balaban J connectivity index is 1.71. The largest absolute Gasteiger partial charge is 0.454 e. The van der Waals surface area contributed by atoms with Crippen molar-refractivity contribution in [1.82, 2.24) is 9.80 Å². The van der Waals surface area contributed by atoms with Gasteiger partial charge >= 0.3 is 0 Å². The molecular weight excluding hydrogens is 398 g/mol. The molecule has 0 saturated carbocycles. The fraction of sp³-hybridized carbons (Fsp3) is 0.526. The van der Waals surface area contributed by atoms with Crippen molar-refractivity contribution in [1.29, 1.82) is 0 Å². The third kappa shape index (κ3) is 1.88. The van der Waals surface area contributed by atoms with Crippen LogP contribution in [0.1, 0.15) is 38.3 Å². The van der Waals surface area contributed by atoms with Gasteiger partial charge in [-0.15, -0.1) is 0 Å². The van der Waals surface area contributed by atoms with Crippen LogP contribution in [0.5, 0.6) is 11.5 Å². The molecule has 4 fully saturated rings. The summed E-state index contributed by atoms with van der Waals surface area (Å²) < 4.78 is 10.9. The number of likely N-dealkylation sites (N-methyl/N-ethyl adjacent to an activating group) is 1. The second kappa shape index (κ2) is 5.51. The van der Waals surface area contributed by atoms with Crippen molar-refractivity contribution in [3.05, 3.63) is 35.2 Å². The summed E-state index contributed by atoms with van der Waals surface area (Å²) in [6.45, 7) is 11.8. The molecule has 5 aliphatic heterocycles. The van der Waals surface area contributed by atoms with Crippen LogP contribution >= 0.6 is 21.6 Å². The van der Waals surface area contributed by atoms with E-state index in [0.29, 0.717) is 24.3 Å². The lowest BCUT2D eigenvalue weighted by Crippen LogP contribution is -2.74. The predicted octanol–water partition coefficient (Wildman–Crippen LogP) is 3.04. The molecule has 4 atom stereocenters. The lowest BCUT2D eigenvalue weighted by atomic mass is 9.87. The van der Waals surface area contributed by atoms with Crippen molar-refractivity contribution in [3.8, 4) is 11.5 Å². The van der Waals surface area contributed by atoms with Crippen LogP contribution in [0.15, 0.2) is 18.2 Å². The molecule has 5 aliphatic rings. The van der Waals surface area contributed by atoms with E-state index in [-0.39, 0.29) is 18.6 Å². The molecule has 146 valence electrons. The van der Waals surface area contributed by atoms with E-state index in [0.717, 1.165) is 5.56 Å². The molecule has 2 amide bonds. The minimum atomic E-state index is -1.05. The third-order valence-electron chi connectivity index (χ3n) is 6.33. The highest BCUT2D eigenvalue weighted by atomic mass is 33.1. The van der Waals surface area contributed by atoms with Crippen LogP contribution < -0.4 is 9.47 Å². The van der Waals surface area contributed by atoms with Gasteiger partial charge in [0.1, 0.15) is 6.04 Å². The number of piperazine rings is 1. The summed E-state index contributed by atoms with van der Waals surface area (Å²) >= 11 is 0. The van der Waals surface area contributed by atoms with Crippen molar-refractivity contribution in [3.63, 3.8) is 0 Å². The molecule has 7 nitrogen and oxygen atoms in total. The minimum Gasteiger partial charge on any atom is -0.454 e. The first-order chi connectivity index (χ1) is 13.3. The van der Waals surface area contributed by atoms with Crippen LogP contribution in [0, 0.1) is 6.57 Å². The van der Waals surface area contributed by atoms with Crippen LogP contribution in [0.25, 0.3) is 4.85 Å². The maximum Gasteiger partial charge on any atom is 0.262 e. The van der Waals surface area contributed by atoms with Crippen molar-refractivity contribution in [2.75, 3.05) is 13.8 Å². The van der Waals surface area contributed by atoms with Gasteiger partial charge in [-0.05, 0) is 24.1 Å². The summed E-state index contributed by atoms with van der Waals surface area (Å²) in [5, 5.41) is 0. The normalized spacial score (nSPS) is 38.0. The second-order valence-corrected chi connectivity index (χ2v) is 10.5. The number of amides is 2. The molecule has 0 N–H and O–H groups in total. The van der Waals surface area contributed by atoms with Gasteiger partial charge in [0, 0.05) is 14.0 Å². The molecule has 2 unspecified atom stereocenters. The van der Waals surface area contributed by atoms with Crippen LogP contribution in [-0.4, -0.2) is 50.7 Å². The number of rotatable bonds is 2.